The molecule has 42 heavy (non-hydrogen) atoms. The van der Waals surface area contributed by atoms with Gasteiger partial charge in [0.05, 0.1) is 31.1 Å². The second-order valence-corrected chi connectivity index (χ2v) is 10.6. The fourth-order valence-corrected chi connectivity index (χ4v) is 6.04. The van der Waals surface area contributed by atoms with Crippen LogP contribution < -0.4 is 16.6 Å². The van der Waals surface area contributed by atoms with Crippen LogP contribution in [0.25, 0.3) is 22.3 Å². The van der Waals surface area contributed by atoms with E-state index in [1.165, 1.54) is 11.4 Å². The van der Waals surface area contributed by atoms with Gasteiger partial charge in [-0.15, -0.1) is 0 Å². The number of fused-ring (bicyclic) bond motifs is 2. The molecule has 2 aromatic carbocycles. The maximum Gasteiger partial charge on any atom is 0.284 e. The summed E-state index contributed by atoms with van der Waals surface area (Å²) in [6.45, 7) is 2.30. The smallest absolute Gasteiger partial charge is 0.284 e. The van der Waals surface area contributed by atoms with Crippen LogP contribution in [0.2, 0.25) is 0 Å². The van der Waals surface area contributed by atoms with Gasteiger partial charge in [-0.05, 0) is 48.7 Å². The van der Waals surface area contributed by atoms with E-state index in [0.717, 1.165) is 35.2 Å². The number of nitrogen functional groups attached to an aromatic ring is 1. The van der Waals surface area contributed by atoms with Gasteiger partial charge in [-0.3, -0.25) is 14.3 Å². The number of hydrogen-bond donors (Lipinski definition) is 3. The first-order valence-electron chi connectivity index (χ1n) is 13.9. The second kappa shape index (κ2) is 10.6. The molecule has 2 aliphatic heterocycles. The van der Waals surface area contributed by atoms with Gasteiger partial charge in [0, 0.05) is 36.0 Å². The number of ether oxygens (including phenoxy) is 1. The third kappa shape index (κ3) is 4.45. The zero-order valence-electron chi connectivity index (χ0n) is 22.8. The number of aromatic nitrogens is 5. The SMILES string of the molecule is Nc1ncnn2c(C3CCN(O)CC3)cc(-c3ccc(NC(=O)c4c5n(n(-c6ccccc6)c4=O)CCOC5)cc3)c12. The van der Waals surface area contributed by atoms with Crippen molar-refractivity contribution in [2.45, 2.75) is 31.9 Å². The molecule has 0 aliphatic carbocycles. The highest BCUT2D eigenvalue weighted by Crippen LogP contribution is 2.36. The van der Waals surface area contributed by atoms with Crippen molar-refractivity contribution in [3.63, 3.8) is 0 Å². The lowest BCUT2D eigenvalue weighted by Gasteiger charge is -2.27. The van der Waals surface area contributed by atoms with E-state index in [-0.39, 0.29) is 23.6 Å². The second-order valence-electron chi connectivity index (χ2n) is 10.6. The van der Waals surface area contributed by atoms with Crippen molar-refractivity contribution in [2.75, 3.05) is 30.7 Å². The first kappa shape index (κ1) is 26.1. The molecule has 1 fully saturated rings. The molecule has 2 aliphatic rings. The predicted molar refractivity (Wildman–Crippen MR) is 156 cm³/mol. The highest BCUT2D eigenvalue weighted by Gasteiger charge is 2.29. The molecule has 12 nitrogen and oxygen atoms in total. The summed E-state index contributed by atoms with van der Waals surface area (Å²) in [5.41, 5.74) is 11.3. The number of benzene rings is 2. The van der Waals surface area contributed by atoms with Gasteiger partial charge >= 0.3 is 0 Å². The molecule has 214 valence electrons. The number of nitrogens with one attached hydrogen (secondary N) is 1. The number of hydroxylamine groups is 2. The number of para-hydroxylation sites is 1. The molecule has 0 spiro atoms. The van der Waals surface area contributed by atoms with Crippen molar-refractivity contribution in [3.8, 4) is 16.8 Å². The zero-order chi connectivity index (χ0) is 28.8. The van der Waals surface area contributed by atoms with Crippen LogP contribution in [0.1, 0.15) is 40.5 Å². The Morgan fingerprint density at radius 1 is 1.05 bits per heavy atom. The van der Waals surface area contributed by atoms with Gasteiger partial charge in [0.25, 0.3) is 11.5 Å². The van der Waals surface area contributed by atoms with Crippen LogP contribution in [0.4, 0.5) is 11.5 Å². The molecular formula is C30H30N8O4. The van der Waals surface area contributed by atoms with E-state index in [9.17, 15) is 14.8 Å². The lowest BCUT2D eigenvalue weighted by atomic mass is 9.94. The summed E-state index contributed by atoms with van der Waals surface area (Å²) in [5, 5.41) is 18.6. The minimum atomic E-state index is -0.485. The Morgan fingerprint density at radius 3 is 2.57 bits per heavy atom. The molecule has 3 aromatic heterocycles. The van der Waals surface area contributed by atoms with E-state index in [1.54, 1.807) is 16.8 Å². The predicted octanol–water partition coefficient (Wildman–Crippen LogP) is 3.28. The zero-order valence-corrected chi connectivity index (χ0v) is 22.8. The molecule has 0 radical (unpaired) electrons. The van der Waals surface area contributed by atoms with Crippen molar-refractivity contribution < 1.29 is 14.7 Å². The van der Waals surface area contributed by atoms with Crippen LogP contribution in [0.15, 0.2) is 71.8 Å². The number of nitrogens with zero attached hydrogens (tertiary/aromatic N) is 6. The van der Waals surface area contributed by atoms with E-state index < -0.39 is 5.91 Å². The summed E-state index contributed by atoms with van der Waals surface area (Å²) in [4.78, 5) is 31.2. The van der Waals surface area contributed by atoms with Crippen molar-refractivity contribution in [1.82, 2.24) is 29.0 Å². The largest absolute Gasteiger partial charge is 0.382 e. The van der Waals surface area contributed by atoms with E-state index >= 15 is 0 Å². The maximum absolute atomic E-state index is 13.5. The van der Waals surface area contributed by atoms with Crippen molar-refractivity contribution in [2.24, 2.45) is 0 Å². The number of amides is 1. The van der Waals surface area contributed by atoms with Crippen molar-refractivity contribution >= 4 is 22.9 Å². The molecular weight excluding hydrogens is 536 g/mol. The Balaban J connectivity index is 1.19. The number of anilines is 2. The van der Waals surface area contributed by atoms with Crippen molar-refractivity contribution in [3.05, 3.63) is 94.3 Å². The van der Waals surface area contributed by atoms with Crippen LogP contribution >= 0.6 is 0 Å². The molecule has 12 heteroatoms. The van der Waals surface area contributed by atoms with Crippen LogP contribution in [0, 0.1) is 0 Å². The summed E-state index contributed by atoms with van der Waals surface area (Å²) < 4.78 is 10.8. The van der Waals surface area contributed by atoms with Crippen LogP contribution in [-0.4, -0.2) is 59.8 Å². The maximum atomic E-state index is 13.5. The topological polar surface area (TPSA) is 145 Å². The summed E-state index contributed by atoms with van der Waals surface area (Å²) >= 11 is 0. The number of nitrogens with two attached hydrogens (primary N) is 1. The van der Waals surface area contributed by atoms with Crippen molar-refractivity contribution in [1.29, 1.82) is 0 Å². The van der Waals surface area contributed by atoms with Gasteiger partial charge in [-0.1, -0.05) is 30.3 Å². The fourth-order valence-electron chi connectivity index (χ4n) is 6.04. The minimum absolute atomic E-state index is 0.0737. The Labute approximate surface area is 240 Å². The van der Waals surface area contributed by atoms with Gasteiger partial charge in [-0.25, -0.2) is 14.2 Å². The number of rotatable bonds is 5. The highest BCUT2D eigenvalue weighted by atomic mass is 16.5. The molecule has 7 rings (SSSR count). The van der Waals surface area contributed by atoms with Gasteiger partial charge in [0.15, 0.2) is 5.82 Å². The van der Waals surface area contributed by atoms with Gasteiger partial charge < -0.3 is 21.0 Å². The molecule has 4 N–H and O–H groups in total. The first-order valence-corrected chi connectivity index (χ1v) is 13.9. The van der Waals surface area contributed by atoms with Gasteiger partial charge in [0.2, 0.25) is 0 Å². The molecule has 0 atom stereocenters. The minimum Gasteiger partial charge on any atom is -0.382 e. The third-order valence-corrected chi connectivity index (χ3v) is 8.12. The Bertz CT molecular complexity index is 1830. The van der Waals surface area contributed by atoms with Crippen LogP contribution in [0.3, 0.4) is 0 Å². The highest BCUT2D eigenvalue weighted by molar-refractivity contribution is 6.05. The number of carbonyl (C=O) groups excluding carboxylic acids is 1. The number of piperidine rings is 1. The molecule has 5 aromatic rings. The fraction of sp³-hybridized carbons (Fsp3) is 0.267. The summed E-state index contributed by atoms with van der Waals surface area (Å²) in [6, 6.07) is 18.8. The van der Waals surface area contributed by atoms with Crippen LogP contribution in [-0.2, 0) is 17.9 Å². The molecule has 0 unspecified atom stereocenters. The number of hydrogen-bond acceptors (Lipinski definition) is 8. The Morgan fingerprint density at radius 2 is 1.81 bits per heavy atom. The average Bonchev–Trinajstić information content (AvgIpc) is 3.54. The summed E-state index contributed by atoms with van der Waals surface area (Å²) in [5.74, 6) is 0.111. The van der Waals surface area contributed by atoms with Gasteiger partial charge in [0.1, 0.15) is 17.4 Å². The quantitative estimate of drug-likeness (QED) is 0.294. The van der Waals surface area contributed by atoms with E-state index in [0.29, 0.717) is 49.1 Å². The third-order valence-electron chi connectivity index (χ3n) is 8.12. The molecule has 1 saturated heterocycles. The number of carbonyl (C=O) groups is 1. The monoisotopic (exact) mass is 566 g/mol. The lowest BCUT2D eigenvalue weighted by molar-refractivity contribution is -0.106. The molecule has 0 bridgehead atoms. The van der Waals surface area contributed by atoms with E-state index in [1.807, 2.05) is 51.7 Å². The van der Waals surface area contributed by atoms with E-state index in [4.69, 9.17) is 10.5 Å². The standard InChI is InChI=1S/C30H30N8O4/c31-28-27-23(16-24(37(27)33-18-32-28)20-10-12-35(41)13-11-20)19-6-8-21(9-7-19)34-29(39)26-25-17-42-15-14-36(25)38(30(26)40)22-4-2-1-3-5-22/h1-9,16,18,20,41H,10-15,17H2,(H,34,39)(H2,31,32,33). The molecule has 1 amide bonds. The molecule has 5 heterocycles. The Hall–Kier alpha value is -4.78. The summed E-state index contributed by atoms with van der Waals surface area (Å²) in [7, 11) is 0. The van der Waals surface area contributed by atoms with Crippen LogP contribution in [0.5, 0.6) is 0 Å². The normalized spacial score (nSPS) is 16.0. The van der Waals surface area contributed by atoms with E-state index in [2.05, 4.69) is 21.5 Å². The summed E-state index contributed by atoms with van der Waals surface area (Å²) in [6.07, 6.45) is 3.06. The lowest BCUT2D eigenvalue weighted by Crippen LogP contribution is -2.30. The average molecular weight is 567 g/mol. The molecule has 0 saturated carbocycles. The van der Waals surface area contributed by atoms with Gasteiger partial charge in [-0.2, -0.15) is 10.2 Å². The first-order chi connectivity index (χ1) is 20.5. The Kier molecular flexibility index (Phi) is 6.57.